The average Bonchev–Trinajstić information content (AvgIpc) is 2.59. The first-order valence-corrected chi connectivity index (χ1v) is 7.46. The van der Waals surface area contributed by atoms with Crippen molar-refractivity contribution in [2.24, 2.45) is 0 Å². The third-order valence-electron chi connectivity index (χ3n) is 3.81. The van der Waals surface area contributed by atoms with Gasteiger partial charge in [-0.2, -0.15) is 0 Å². The minimum absolute atomic E-state index is 0.00391. The molecule has 0 atom stereocenters. The van der Waals surface area contributed by atoms with Crippen molar-refractivity contribution < 1.29 is 14.3 Å². The third kappa shape index (κ3) is 3.22. The van der Waals surface area contributed by atoms with Crippen LogP contribution in [0.5, 0.6) is 5.75 Å². The Hall–Kier alpha value is -2.49. The largest absolute Gasteiger partial charge is 0.493 e. The summed E-state index contributed by atoms with van der Waals surface area (Å²) in [5.74, 6) is 0.837. The number of carbonyl (C=O) groups is 2. The maximum Gasteiger partial charge on any atom is 0.163 e. The fourth-order valence-electron chi connectivity index (χ4n) is 2.59. The second-order valence-corrected chi connectivity index (χ2v) is 5.36. The van der Waals surface area contributed by atoms with Crippen LogP contribution in [-0.4, -0.2) is 23.2 Å². The summed E-state index contributed by atoms with van der Waals surface area (Å²) in [7, 11) is 0. The molecule has 0 amide bonds. The van der Waals surface area contributed by atoms with Crippen LogP contribution in [-0.2, 0) is 6.42 Å². The van der Waals surface area contributed by atoms with Crippen molar-refractivity contribution >= 4 is 11.6 Å². The highest BCUT2D eigenvalue weighted by molar-refractivity contribution is 6.02. The molecule has 0 aliphatic carbocycles. The van der Waals surface area contributed by atoms with Gasteiger partial charge in [-0.1, -0.05) is 0 Å². The van der Waals surface area contributed by atoms with Crippen molar-refractivity contribution in [1.29, 1.82) is 0 Å². The summed E-state index contributed by atoms with van der Waals surface area (Å²) in [5, 5.41) is 0. The van der Waals surface area contributed by atoms with Gasteiger partial charge in [-0.25, -0.2) is 0 Å². The van der Waals surface area contributed by atoms with E-state index in [1.54, 1.807) is 30.6 Å². The summed E-state index contributed by atoms with van der Waals surface area (Å²) < 4.78 is 5.54. The molecule has 1 aromatic carbocycles. The molecule has 22 heavy (non-hydrogen) atoms. The van der Waals surface area contributed by atoms with E-state index in [9.17, 15) is 9.59 Å². The minimum Gasteiger partial charge on any atom is -0.493 e. The molecule has 3 rings (SSSR count). The van der Waals surface area contributed by atoms with Crippen molar-refractivity contribution in [3.05, 3.63) is 59.4 Å². The molecule has 4 nitrogen and oxygen atoms in total. The number of hydrogen-bond donors (Lipinski definition) is 0. The van der Waals surface area contributed by atoms with E-state index in [2.05, 4.69) is 4.98 Å². The fourth-order valence-corrected chi connectivity index (χ4v) is 2.59. The number of Topliss-reactive ketones (excluding diaryl/α,β-unsaturated/α-hetero) is 2. The Labute approximate surface area is 129 Å². The Morgan fingerprint density at radius 1 is 1.00 bits per heavy atom. The molecule has 2 heterocycles. The van der Waals surface area contributed by atoms with Crippen molar-refractivity contribution in [3.8, 4) is 5.75 Å². The molecule has 0 N–H and O–H groups in total. The molecule has 0 unspecified atom stereocenters. The van der Waals surface area contributed by atoms with Gasteiger partial charge >= 0.3 is 0 Å². The van der Waals surface area contributed by atoms with Gasteiger partial charge in [-0.15, -0.1) is 0 Å². The molecule has 0 bridgehead atoms. The molecular formula is C18H17NO3. The predicted octanol–water partition coefficient (Wildman–Crippen LogP) is 3.25. The summed E-state index contributed by atoms with van der Waals surface area (Å²) in [6.45, 7) is 0.737. The number of benzene rings is 1. The molecule has 0 spiro atoms. The topological polar surface area (TPSA) is 56.3 Å². The van der Waals surface area contributed by atoms with Crippen LogP contribution in [0.1, 0.15) is 45.5 Å². The molecule has 112 valence electrons. The first kappa shape index (κ1) is 14.4. The van der Waals surface area contributed by atoms with Crippen molar-refractivity contribution in [3.63, 3.8) is 0 Å². The third-order valence-corrected chi connectivity index (χ3v) is 3.81. The van der Waals surface area contributed by atoms with Gasteiger partial charge < -0.3 is 4.74 Å². The number of pyridine rings is 1. The van der Waals surface area contributed by atoms with Gasteiger partial charge in [-0.3, -0.25) is 14.6 Å². The Bertz CT molecular complexity index is 695. The lowest BCUT2D eigenvalue weighted by atomic mass is 9.98. The van der Waals surface area contributed by atoms with Crippen LogP contribution < -0.4 is 4.74 Å². The van der Waals surface area contributed by atoms with E-state index in [1.807, 2.05) is 12.1 Å². The molecule has 1 aliphatic rings. The van der Waals surface area contributed by atoms with Crippen molar-refractivity contribution in [2.75, 3.05) is 6.61 Å². The maximum atomic E-state index is 12.3. The van der Waals surface area contributed by atoms with E-state index in [1.165, 1.54) is 0 Å². The zero-order valence-electron chi connectivity index (χ0n) is 12.2. The van der Waals surface area contributed by atoms with E-state index >= 15 is 0 Å². The lowest BCUT2D eigenvalue weighted by molar-refractivity contribution is 0.0917. The maximum absolute atomic E-state index is 12.3. The molecule has 1 aromatic heterocycles. The van der Waals surface area contributed by atoms with Crippen LogP contribution in [0.15, 0.2) is 42.7 Å². The van der Waals surface area contributed by atoms with Gasteiger partial charge in [-0.05, 0) is 48.7 Å². The zero-order valence-corrected chi connectivity index (χ0v) is 12.2. The van der Waals surface area contributed by atoms with Crippen LogP contribution >= 0.6 is 0 Å². The van der Waals surface area contributed by atoms with Crippen LogP contribution in [0.25, 0.3) is 0 Å². The molecule has 4 heteroatoms. The first-order valence-electron chi connectivity index (χ1n) is 7.46. The van der Waals surface area contributed by atoms with E-state index in [0.717, 1.165) is 30.8 Å². The van der Waals surface area contributed by atoms with E-state index in [0.29, 0.717) is 11.1 Å². The number of rotatable bonds is 5. The summed E-state index contributed by atoms with van der Waals surface area (Å²) in [6, 6.07) is 8.87. The van der Waals surface area contributed by atoms with E-state index < -0.39 is 0 Å². The predicted molar refractivity (Wildman–Crippen MR) is 82.4 cm³/mol. The average molecular weight is 295 g/mol. The van der Waals surface area contributed by atoms with E-state index in [-0.39, 0.29) is 24.4 Å². The molecule has 1 aliphatic heterocycles. The Balaban J connectivity index is 1.64. The van der Waals surface area contributed by atoms with Gasteiger partial charge in [0.25, 0.3) is 0 Å². The lowest BCUT2D eigenvalue weighted by Gasteiger charge is -2.17. The van der Waals surface area contributed by atoms with Gasteiger partial charge in [0.2, 0.25) is 0 Å². The van der Waals surface area contributed by atoms with Gasteiger partial charge in [0, 0.05) is 36.4 Å². The molecule has 2 aromatic rings. The monoisotopic (exact) mass is 295 g/mol. The number of fused-ring (bicyclic) bond motifs is 1. The minimum atomic E-state index is -0.0305. The van der Waals surface area contributed by atoms with Gasteiger partial charge in [0.05, 0.1) is 6.61 Å². The zero-order chi connectivity index (χ0) is 15.4. The van der Waals surface area contributed by atoms with Crippen LogP contribution in [0.3, 0.4) is 0 Å². The number of hydrogen-bond acceptors (Lipinski definition) is 4. The molecule has 0 saturated heterocycles. The highest BCUT2D eigenvalue weighted by atomic mass is 16.5. The lowest BCUT2D eigenvalue weighted by Crippen LogP contribution is -2.10. The second kappa shape index (κ2) is 6.52. The van der Waals surface area contributed by atoms with Crippen LogP contribution in [0.2, 0.25) is 0 Å². The Morgan fingerprint density at radius 2 is 1.73 bits per heavy atom. The van der Waals surface area contributed by atoms with Crippen molar-refractivity contribution in [1.82, 2.24) is 4.98 Å². The number of carbonyl (C=O) groups excluding carboxylic acids is 2. The molecule has 0 fully saturated rings. The number of nitrogens with zero attached hydrogens (tertiary/aromatic N) is 1. The number of aromatic nitrogens is 1. The summed E-state index contributed by atoms with van der Waals surface area (Å²) in [6.07, 6.45) is 5.52. The highest BCUT2D eigenvalue weighted by Crippen LogP contribution is 2.26. The fraction of sp³-hybridized carbons (Fsp3) is 0.278. The summed E-state index contributed by atoms with van der Waals surface area (Å²) in [5.41, 5.74) is 2.34. The molecule has 0 radical (unpaired) electrons. The van der Waals surface area contributed by atoms with Gasteiger partial charge in [0.1, 0.15) is 5.75 Å². The normalized spacial score (nSPS) is 13.1. The number of aryl methyl sites for hydroxylation is 1. The smallest absolute Gasteiger partial charge is 0.163 e. The number of ether oxygens (including phenoxy) is 1. The van der Waals surface area contributed by atoms with Gasteiger partial charge in [0.15, 0.2) is 11.6 Å². The van der Waals surface area contributed by atoms with Crippen LogP contribution in [0.4, 0.5) is 0 Å². The highest BCUT2D eigenvalue weighted by Gasteiger charge is 2.15. The quantitative estimate of drug-likeness (QED) is 0.794. The first-order chi connectivity index (χ1) is 10.7. The number of ketones is 2. The summed E-state index contributed by atoms with van der Waals surface area (Å²) >= 11 is 0. The Morgan fingerprint density at radius 3 is 2.50 bits per heavy atom. The second-order valence-electron chi connectivity index (χ2n) is 5.36. The SMILES string of the molecule is O=C(CCC(=O)c1ccc2c(c1)CCCO2)c1ccncc1. The van der Waals surface area contributed by atoms with Crippen LogP contribution in [0, 0.1) is 0 Å². The molecule has 0 saturated carbocycles. The van der Waals surface area contributed by atoms with Crippen molar-refractivity contribution in [2.45, 2.75) is 25.7 Å². The molecular weight excluding hydrogens is 278 g/mol. The summed E-state index contributed by atoms with van der Waals surface area (Å²) in [4.78, 5) is 28.2. The Kier molecular flexibility index (Phi) is 4.28. The van der Waals surface area contributed by atoms with E-state index in [4.69, 9.17) is 4.74 Å². The standard InChI is InChI=1S/C18H17NO3/c20-16(13-7-9-19-10-8-13)4-5-17(21)14-3-6-18-15(12-14)2-1-11-22-18/h3,6-10,12H,1-2,4-5,11H2.